The van der Waals surface area contributed by atoms with Crippen LogP contribution in [0.4, 0.5) is 18.0 Å². The van der Waals surface area contributed by atoms with E-state index in [1.54, 1.807) is 30.3 Å². The SMILES string of the molecule is CCCCCCCCC(=O)OCC(COC(=O)CCCCCCCC)CC(=O)OCCN(CCOC(=O)CC(COC(=O)CCCCCCCC)COC(=O)CCCCCCCC)C(=O)n1cc[n+](C)c1.O=S(=O)([O-])C(F)(F)F. The molecule has 0 aliphatic heterocycles. The van der Waals surface area contributed by atoms with Gasteiger partial charge in [0.15, 0.2) is 10.1 Å². The molecule has 0 atom stereocenters. The number of rotatable bonds is 46. The van der Waals surface area contributed by atoms with Gasteiger partial charge < -0.3 is 33.0 Å². The van der Waals surface area contributed by atoms with E-state index in [9.17, 15) is 46.7 Å². The molecule has 0 N–H and O–H groups in total. The summed E-state index contributed by atoms with van der Waals surface area (Å²) in [6, 6.07) is -0.447. The number of amides is 1. The Labute approximate surface area is 468 Å². The van der Waals surface area contributed by atoms with Gasteiger partial charge in [0.05, 0.1) is 59.4 Å². The fourth-order valence-corrected chi connectivity index (χ4v) is 7.82. The second kappa shape index (κ2) is 46.9. The minimum atomic E-state index is -6.09. The summed E-state index contributed by atoms with van der Waals surface area (Å²) in [5.74, 6) is -3.97. The van der Waals surface area contributed by atoms with E-state index >= 15 is 0 Å². The van der Waals surface area contributed by atoms with Gasteiger partial charge in [0.25, 0.3) is 6.33 Å². The first-order chi connectivity index (χ1) is 37.7. The van der Waals surface area contributed by atoms with E-state index in [0.29, 0.717) is 25.7 Å². The van der Waals surface area contributed by atoms with Gasteiger partial charge in [-0.2, -0.15) is 17.7 Å². The fraction of sp³-hybridized carbons (Fsp3) is 0.821. The molecule has 1 rings (SSSR count). The van der Waals surface area contributed by atoms with E-state index in [0.717, 1.165) is 103 Å². The molecular weight excluding hydrogens is 1060 g/mol. The number of aryl methyl sites for hydroxylation is 1. The average Bonchev–Trinajstić information content (AvgIpc) is 3.84. The van der Waals surface area contributed by atoms with Crippen LogP contribution in [0.5, 0.6) is 0 Å². The highest BCUT2D eigenvalue weighted by Crippen LogP contribution is 2.21. The van der Waals surface area contributed by atoms with E-state index in [1.807, 2.05) is 0 Å². The third kappa shape index (κ3) is 42.7. The fourth-order valence-electron chi connectivity index (χ4n) is 7.82. The van der Waals surface area contributed by atoms with E-state index in [2.05, 4.69) is 27.7 Å². The molecule has 1 heterocycles. The Morgan fingerprint density at radius 1 is 0.494 bits per heavy atom. The smallest absolute Gasteiger partial charge is 0.485 e. The number of imidazole rings is 1. The molecule has 0 fully saturated rings. The molecule has 19 nitrogen and oxygen atoms in total. The molecule has 0 aliphatic carbocycles. The lowest BCUT2D eigenvalue weighted by Crippen LogP contribution is -2.40. The first-order valence-corrected chi connectivity index (χ1v) is 30.4. The number of ether oxygens (including phenoxy) is 6. The molecule has 0 saturated carbocycles. The van der Waals surface area contributed by atoms with Crippen LogP contribution in [0.2, 0.25) is 0 Å². The zero-order valence-corrected chi connectivity index (χ0v) is 49.0. The maximum Gasteiger partial charge on any atom is 0.485 e. The van der Waals surface area contributed by atoms with Crippen LogP contribution in [0.15, 0.2) is 18.7 Å². The zero-order chi connectivity index (χ0) is 59.2. The molecule has 458 valence electrons. The van der Waals surface area contributed by atoms with Crippen molar-refractivity contribution in [3.05, 3.63) is 18.7 Å². The summed E-state index contributed by atoms with van der Waals surface area (Å²) in [7, 11) is -4.33. The van der Waals surface area contributed by atoms with Crippen LogP contribution in [-0.4, -0.2) is 123 Å². The summed E-state index contributed by atoms with van der Waals surface area (Å²) in [4.78, 5) is 91.8. The van der Waals surface area contributed by atoms with Gasteiger partial charge in [-0.1, -0.05) is 156 Å². The Morgan fingerprint density at radius 2 is 0.772 bits per heavy atom. The van der Waals surface area contributed by atoms with Crippen LogP contribution in [-0.2, 0) is 74.4 Å². The number of halogens is 3. The Kier molecular flexibility index (Phi) is 44.1. The van der Waals surface area contributed by atoms with E-state index < -0.39 is 45.4 Å². The number of hydrogen-bond donors (Lipinski definition) is 0. The van der Waals surface area contributed by atoms with Gasteiger partial charge in [-0.15, -0.1) is 0 Å². The summed E-state index contributed by atoms with van der Waals surface area (Å²) in [6.45, 7) is 7.70. The maximum atomic E-state index is 13.6. The highest BCUT2D eigenvalue weighted by molar-refractivity contribution is 7.86. The van der Waals surface area contributed by atoms with Crippen LogP contribution in [0.1, 0.15) is 220 Å². The summed E-state index contributed by atoms with van der Waals surface area (Å²) >= 11 is 0. The lowest BCUT2D eigenvalue weighted by molar-refractivity contribution is -0.670. The van der Waals surface area contributed by atoms with Crippen molar-refractivity contribution in [2.24, 2.45) is 18.9 Å². The van der Waals surface area contributed by atoms with Gasteiger partial charge in [-0.25, -0.2) is 17.8 Å². The first kappa shape index (κ1) is 74.2. The highest BCUT2D eigenvalue weighted by Gasteiger charge is 2.37. The molecule has 1 amide bonds. The third-order valence-corrected chi connectivity index (χ3v) is 13.1. The molecule has 0 aromatic carbocycles. The molecular formula is C56H96F3N3O16S. The number of aromatic nitrogens is 2. The third-order valence-electron chi connectivity index (χ3n) is 12.6. The molecule has 1 aromatic heterocycles. The lowest BCUT2D eigenvalue weighted by atomic mass is 10.1. The monoisotopic (exact) mass is 1160 g/mol. The quantitative estimate of drug-likeness (QED) is 0.0147. The number of nitrogens with zero attached hydrogens (tertiary/aromatic N) is 3. The summed E-state index contributed by atoms with van der Waals surface area (Å²) < 4.78 is 95.3. The number of unbranched alkanes of at least 4 members (excludes halogenated alkanes) is 20. The number of esters is 6. The van der Waals surface area contributed by atoms with Gasteiger partial charge in [0.1, 0.15) is 25.6 Å². The average molecular weight is 1160 g/mol. The van der Waals surface area contributed by atoms with Crippen LogP contribution < -0.4 is 4.57 Å². The van der Waals surface area contributed by atoms with Crippen LogP contribution in [0, 0.1) is 11.8 Å². The van der Waals surface area contributed by atoms with E-state index in [-0.39, 0.29) is 115 Å². The maximum absolute atomic E-state index is 13.6. The standard InChI is InChI=1S/C55H96N3O13.CHF3O3S/c1-6-10-14-18-22-26-30-49(59)68-42-47(43-69-50(60)31-27-23-19-15-11-7-2)40-53(63)66-38-36-57(55(65)58-35-34-56(5)46-58)37-39-67-54(64)41-48(44-70-51(61)32-28-24-20-16-12-8-3)45-71-52(62)33-29-25-21-17-13-9-4;2-1(3,4)8(5,6)7/h34-35,46-48H,6-33,36-45H2,1-5H3;(H,5,6,7)/q+1;/p-1. The van der Waals surface area contributed by atoms with Gasteiger partial charge in [0, 0.05) is 37.5 Å². The zero-order valence-electron chi connectivity index (χ0n) is 48.2. The number of alkyl halides is 3. The highest BCUT2D eigenvalue weighted by atomic mass is 32.2. The minimum absolute atomic E-state index is 0.0408. The second-order valence-corrected chi connectivity index (χ2v) is 21.4. The van der Waals surface area contributed by atoms with Crippen molar-refractivity contribution in [2.45, 2.75) is 226 Å². The Balaban J connectivity index is 0.00000700. The molecule has 79 heavy (non-hydrogen) atoms. The molecule has 0 bridgehead atoms. The molecule has 0 aliphatic rings. The Morgan fingerprint density at radius 3 is 1.03 bits per heavy atom. The number of carbonyl (C=O) groups excluding carboxylic acids is 7. The molecule has 0 spiro atoms. The van der Waals surface area contributed by atoms with Crippen molar-refractivity contribution >= 4 is 52.0 Å². The van der Waals surface area contributed by atoms with Crippen LogP contribution in [0.3, 0.4) is 0 Å². The minimum Gasteiger partial charge on any atom is -0.741 e. The van der Waals surface area contributed by atoms with Gasteiger partial charge in [-0.05, 0) is 25.7 Å². The van der Waals surface area contributed by atoms with Crippen LogP contribution >= 0.6 is 0 Å². The Hall–Kier alpha value is -4.80. The van der Waals surface area contributed by atoms with Crippen molar-refractivity contribution < 1.29 is 92.7 Å². The van der Waals surface area contributed by atoms with Crippen molar-refractivity contribution in [1.82, 2.24) is 9.47 Å². The van der Waals surface area contributed by atoms with Gasteiger partial charge >= 0.3 is 47.4 Å². The number of hydrogen-bond acceptors (Lipinski definition) is 16. The molecule has 1 aromatic rings. The largest absolute Gasteiger partial charge is 0.741 e. The van der Waals surface area contributed by atoms with Crippen molar-refractivity contribution in [2.75, 3.05) is 52.7 Å². The Bertz CT molecular complexity index is 1780. The van der Waals surface area contributed by atoms with E-state index in [1.165, 1.54) is 35.2 Å². The van der Waals surface area contributed by atoms with Crippen molar-refractivity contribution in [3.8, 4) is 0 Å². The van der Waals surface area contributed by atoms with E-state index in [4.69, 9.17) is 41.4 Å². The lowest BCUT2D eigenvalue weighted by Gasteiger charge is -2.21. The molecule has 0 radical (unpaired) electrons. The van der Waals surface area contributed by atoms with Crippen LogP contribution in [0.25, 0.3) is 0 Å². The first-order valence-electron chi connectivity index (χ1n) is 28.9. The summed E-state index contributed by atoms with van der Waals surface area (Å²) in [5.41, 5.74) is -5.65. The molecule has 23 heteroatoms. The second-order valence-electron chi connectivity index (χ2n) is 20.0. The van der Waals surface area contributed by atoms with Gasteiger partial charge in [0.2, 0.25) is 0 Å². The van der Waals surface area contributed by atoms with Crippen molar-refractivity contribution in [3.63, 3.8) is 0 Å². The topological polar surface area (TPSA) is 244 Å². The summed E-state index contributed by atoms with van der Waals surface area (Å²) in [5, 5.41) is 0. The predicted octanol–water partition coefficient (Wildman–Crippen LogP) is 10.9. The molecule has 0 saturated heterocycles. The predicted molar refractivity (Wildman–Crippen MR) is 288 cm³/mol. The molecule has 0 unspecified atom stereocenters. The summed E-state index contributed by atoms with van der Waals surface area (Å²) in [6.07, 6.45) is 30.1. The number of carbonyl (C=O) groups is 7. The van der Waals surface area contributed by atoms with Gasteiger partial charge in [-0.3, -0.25) is 33.7 Å². The van der Waals surface area contributed by atoms with Crippen molar-refractivity contribution in [1.29, 1.82) is 0 Å². The normalized spacial score (nSPS) is 11.4.